The Kier molecular flexibility index (Phi) is 4.13. The average molecular weight is 351 g/mol. The van der Waals surface area contributed by atoms with E-state index in [2.05, 4.69) is 5.10 Å². The summed E-state index contributed by atoms with van der Waals surface area (Å²) >= 11 is 6.07. The lowest BCUT2D eigenvalue weighted by Gasteiger charge is -2.09. The molecular formula is C18H14ClF3N2. The molecule has 1 aromatic heterocycles. The Morgan fingerprint density at radius 2 is 1.62 bits per heavy atom. The Morgan fingerprint density at radius 1 is 0.958 bits per heavy atom. The SMILES string of the molecule is Cc1ccc(-c2c(Cl)c(C(F)(F)F)nn2-c2cccc(C)c2)cc1. The lowest BCUT2D eigenvalue weighted by atomic mass is 10.1. The molecule has 3 aromatic rings. The number of aryl methyl sites for hydroxylation is 2. The van der Waals surface area contributed by atoms with Crippen LogP contribution in [-0.2, 0) is 6.18 Å². The summed E-state index contributed by atoms with van der Waals surface area (Å²) < 4.78 is 41.0. The maximum atomic E-state index is 13.3. The van der Waals surface area contributed by atoms with Gasteiger partial charge in [0.2, 0.25) is 0 Å². The number of nitrogens with zero attached hydrogens (tertiary/aromatic N) is 2. The van der Waals surface area contributed by atoms with Crippen molar-refractivity contribution in [2.75, 3.05) is 0 Å². The molecule has 2 nitrogen and oxygen atoms in total. The van der Waals surface area contributed by atoms with Crippen LogP contribution in [0.5, 0.6) is 0 Å². The zero-order valence-corrected chi connectivity index (χ0v) is 13.8. The molecule has 2 aromatic carbocycles. The third-order valence-electron chi connectivity index (χ3n) is 3.67. The molecule has 0 saturated heterocycles. The van der Waals surface area contributed by atoms with Crippen molar-refractivity contribution in [1.29, 1.82) is 0 Å². The van der Waals surface area contributed by atoms with Gasteiger partial charge >= 0.3 is 6.18 Å². The molecule has 3 rings (SSSR count). The van der Waals surface area contributed by atoms with Crippen LogP contribution in [0.4, 0.5) is 13.2 Å². The highest BCUT2D eigenvalue weighted by atomic mass is 35.5. The first-order valence-electron chi connectivity index (χ1n) is 7.27. The van der Waals surface area contributed by atoms with E-state index in [9.17, 15) is 13.2 Å². The number of aromatic nitrogens is 2. The molecule has 0 bridgehead atoms. The lowest BCUT2D eigenvalue weighted by Crippen LogP contribution is -2.08. The van der Waals surface area contributed by atoms with Crippen molar-refractivity contribution in [1.82, 2.24) is 9.78 Å². The molecule has 0 saturated carbocycles. The summed E-state index contributed by atoms with van der Waals surface area (Å²) in [4.78, 5) is 0. The molecule has 6 heteroatoms. The van der Waals surface area contributed by atoms with E-state index in [0.29, 0.717) is 11.3 Å². The zero-order chi connectivity index (χ0) is 17.5. The normalized spacial score (nSPS) is 11.8. The van der Waals surface area contributed by atoms with Crippen LogP contribution in [0.25, 0.3) is 16.9 Å². The minimum Gasteiger partial charge on any atom is -0.231 e. The number of alkyl halides is 3. The summed E-state index contributed by atoms with van der Waals surface area (Å²) in [5.41, 5.74) is 2.18. The van der Waals surface area contributed by atoms with Crippen LogP contribution in [0.3, 0.4) is 0 Å². The molecule has 1 heterocycles. The fourth-order valence-corrected chi connectivity index (χ4v) is 2.82. The van der Waals surface area contributed by atoms with Crippen LogP contribution in [0.15, 0.2) is 48.5 Å². The third kappa shape index (κ3) is 3.04. The van der Waals surface area contributed by atoms with E-state index in [-0.39, 0.29) is 5.69 Å². The molecule has 0 aliphatic rings. The molecule has 0 fully saturated rings. The van der Waals surface area contributed by atoms with Crippen molar-refractivity contribution in [3.8, 4) is 16.9 Å². The molecule has 0 aliphatic carbocycles. The van der Waals surface area contributed by atoms with Gasteiger partial charge in [-0.3, -0.25) is 0 Å². The minimum atomic E-state index is -4.62. The van der Waals surface area contributed by atoms with E-state index in [0.717, 1.165) is 11.1 Å². The summed E-state index contributed by atoms with van der Waals surface area (Å²) in [6.45, 7) is 3.77. The Hall–Kier alpha value is -2.27. The molecular weight excluding hydrogens is 337 g/mol. The molecule has 0 unspecified atom stereocenters. The van der Waals surface area contributed by atoms with E-state index in [1.165, 1.54) is 4.68 Å². The molecule has 0 amide bonds. The lowest BCUT2D eigenvalue weighted by molar-refractivity contribution is -0.141. The number of rotatable bonds is 2. The second-order valence-electron chi connectivity index (χ2n) is 5.63. The molecule has 0 radical (unpaired) electrons. The van der Waals surface area contributed by atoms with Gasteiger partial charge < -0.3 is 0 Å². The summed E-state index contributed by atoms with van der Waals surface area (Å²) in [7, 11) is 0. The molecule has 124 valence electrons. The standard InChI is InChI=1S/C18H14ClF3N2/c1-11-6-8-13(9-7-11)16-15(19)17(18(20,21)22)23-24(16)14-5-3-4-12(2)10-14/h3-10H,1-2H3. The van der Waals surface area contributed by atoms with E-state index in [4.69, 9.17) is 11.6 Å². The first-order chi connectivity index (χ1) is 11.3. The first kappa shape index (κ1) is 16.6. The van der Waals surface area contributed by atoms with Gasteiger partial charge in [-0.15, -0.1) is 0 Å². The molecule has 0 atom stereocenters. The predicted octanol–water partition coefficient (Wildman–Crippen LogP) is 5.83. The highest BCUT2D eigenvalue weighted by Gasteiger charge is 2.39. The summed E-state index contributed by atoms with van der Waals surface area (Å²) in [6.07, 6.45) is -4.62. The van der Waals surface area contributed by atoms with Gasteiger partial charge in [0.15, 0.2) is 5.69 Å². The Balaban J connectivity index is 2.29. The van der Waals surface area contributed by atoms with Crippen LogP contribution in [0.1, 0.15) is 16.8 Å². The van der Waals surface area contributed by atoms with Crippen molar-refractivity contribution in [3.63, 3.8) is 0 Å². The van der Waals surface area contributed by atoms with E-state index < -0.39 is 16.9 Å². The number of benzene rings is 2. The van der Waals surface area contributed by atoms with E-state index >= 15 is 0 Å². The van der Waals surface area contributed by atoms with Crippen molar-refractivity contribution >= 4 is 11.6 Å². The van der Waals surface area contributed by atoms with Gasteiger partial charge in [-0.1, -0.05) is 53.6 Å². The smallest absolute Gasteiger partial charge is 0.231 e. The summed E-state index contributed by atoms with van der Waals surface area (Å²) in [5, 5.41) is 3.36. The second-order valence-corrected chi connectivity index (χ2v) is 6.00. The van der Waals surface area contributed by atoms with Gasteiger partial charge in [-0.25, -0.2) is 4.68 Å². The number of halogens is 4. The maximum absolute atomic E-state index is 13.3. The number of hydrogen-bond acceptors (Lipinski definition) is 1. The van der Waals surface area contributed by atoms with Gasteiger partial charge in [0, 0.05) is 5.56 Å². The molecule has 0 aliphatic heterocycles. The highest BCUT2D eigenvalue weighted by Crippen LogP contribution is 2.40. The van der Waals surface area contributed by atoms with Crippen LogP contribution in [0, 0.1) is 13.8 Å². The van der Waals surface area contributed by atoms with Gasteiger partial charge in [-0.2, -0.15) is 18.3 Å². The zero-order valence-electron chi connectivity index (χ0n) is 13.0. The summed E-state index contributed by atoms with van der Waals surface area (Å²) in [6, 6.07) is 14.2. The Bertz CT molecular complexity index is 880. The molecule has 0 spiro atoms. The Labute approximate surface area is 142 Å². The van der Waals surface area contributed by atoms with Crippen molar-refractivity contribution in [2.24, 2.45) is 0 Å². The maximum Gasteiger partial charge on any atom is 0.436 e. The highest BCUT2D eigenvalue weighted by molar-refractivity contribution is 6.34. The fourth-order valence-electron chi connectivity index (χ4n) is 2.49. The first-order valence-corrected chi connectivity index (χ1v) is 7.65. The van der Waals surface area contributed by atoms with Crippen LogP contribution in [-0.4, -0.2) is 9.78 Å². The van der Waals surface area contributed by atoms with Crippen LogP contribution >= 0.6 is 11.6 Å². The molecule has 24 heavy (non-hydrogen) atoms. The average Bonchev–Trinajstić information content (AvgIpc) is 2.86. The molecule has 0 N–H and O–H groups in total. The predicted molar refractivity (Wildman–Crippen MR) is 88.5 cm³/mol. The van der Waals surface area contributed by atoms with Gasteiger partial charge in [0.1, 0.15) is 0 Å². The Morgan fingerprint density at radius 3 is 2.21 bits per heavy atom. The van der Waals surface area contributed by atoms with Crippen LogP contribution in [0.2, 0.25) is 5.02 Å². The third-order valence-corrected chi connectivity index (χ3v) is 4.03. The van der Waals surface area contributed by atoms with Gasteiger partial charge in [0.25, 0.3) is 0 Å². The quantitative estimate of drug-likeness (QED) is 0.568. The van der Waals surface area contributed by atoms with Crippen molar-refractivity contribution in [3.05, 3.63) is 70.4 Å². The van der Waals surface area contributed by atoms with Crippen LogP contribution < -0.4 is 0 Å². The fraction of sp³-hybridized carbons (Fsp3) is 0.167. The minimum absolute atomic E-state index is 0.231. The topological polar surface area (TPSA) is 17.8 Å². The monoisotopic (exact) mass is 350 g/mol. The van der Waals surface area contributed by atoms with E-state index in [1.807, 2.05) is 32.0 Å². The summed E-state index contributed by atoms with van der Waals surface area (Å²) in [5.74, 6) is 0. The van der Waals surface area contributed by atoms with E-state index in [1.54, 1.807) is 30.3 Å². The largest absolute Gasteiger partial charge is 0.436 e. The van der Waals surface area contributed by atoms with Crippen molar-refractivity contribution in [2.45, 2.75) is 20.0 Å². The van der Waals surface area contributed by atoms with Crippen molar-refractivity contribution < 1.29 is 13.2 Å². The number of hydrogen-bond donors (Lipinski definition) is 0. The van der Waals surface area contributed by atoms with Gasteiger partial charge in [0.05, 0.1) is 16.4 Å². The second kappa shape index (κ2) is 5.98. The van der Waals surface area contributed by atoms with Gasteiger partial charge in [-0.05, 0) is 31.5 Å².